The second-order valence-corrected chi connectivity index (χ2v) is 6.77. The van der Waals surface area contributed by atoms with E-state index in [1.807, 2.05) is 6.92 Å². The maximum Gasteiger partial charge on any atom is 0.238 e. The lowest BCUT2D eigenvalue weighted by molar-refractivity contribution is -0.124. The number of sulfonamides is 1. The molecule has 0 aromatic rings. The molecule has 1 N–H and O–H groups in total. The van der Waals surface area contributed by atoms with Crippen LogP contribution in [0.1, 0.15) is 46.0 Å². The lowest BCUT2D eigenvalue weighted by atomic mass is 10.2. The third-order valence-electron chi connectivity index (χ3n) is 3.16. The van der Waals surface area contributed by atoms with Crippen LogP contribution in [0, 0.1) is 0 Å². The van der Waals surface area contributed by atoms with Gasteiger partial charge in [0.05, 0.1) is 5.75 Å². The van der Waals surface area contributed by atoms with Gasteiger partial charge in [0.2, 0.25) is 15.9 Å². The fourth-order valence-electron chi connectivity index (χ4n) is 2.22. The van der Waals surface area contributed by atoms with Crippen molar-refractivity contribution in [1.29, 1.82) is 0 Å². The van der Waals surface area contributed by atoms with Crippen molar-refractivity contribution in [2.45, 2.75) is 52.0 Å². The highest BCUT2D eigenvalue weighted by molar-refractivity contribution is 7.89. The zero-order valence-corrected chi connectivity index (χ0v) is 12.1. The van der Waals surface area contributed by atoms with Crippen LogP contribution in [0.2, 0.25) is 0 Å². The fraction of sp³-hybridized carbons (Fsp3) is 0.917. The molecule has 1 fully saturated rings. The van der Waals surface area contributed by atoms with Crippen molar-refractivity contribution in [2.75, 3.05) is 18.8 Å². The SMILES string of the molecule is CCCCNC(=O)C1CCCN1S(=O)(=O)CCC. The Morgan fingerprint density at radius 3 is 2.67 bits per heavy atom. The number of nitrogens with zero attached hydrogens (tertiary/aromatic N) is 1. The molecule has 0 saturated carbocycles. The Hall–Kier alpha value is -0.620. The standard InChI is InChI=1S/C12H24N2O3S/c1-3-5-8-13-12(15)11-7-6-9-14(11)18(16,17)10-4-2/h11H,3-10H2,1-2H3,(H,13,15). The van der Waals surface area contributed by atoms with Crippen LogP contribution in [-0.4, -0.2) is 43.5 Å². The van der Waals surface area contributed by atoms with E-state index in [-0.39, 0.29) is 11.7 Å². The number of unbranched alkanes of at least 4 members (excludes halogenated alkanes) is 1. The van der Waals surface area contributed by atoms with Crippen molar-refractivity contribution in [2.24, 2.45) is 0 Å². The molecule has 1 amide bonds. The maximum absolute atomic E-state index is 12.0. The molecule has 0 radical (unpaired) electrons. The molecule has 0 aromatic carbocycles. The van der Waals surface area contributed by atoms with Gasteiger partial charge in [-0.1, -0.05) is 20.3 Å². The van der Waals surface area contributed by atoms with E-state index in [2.05, 4.69) is 12.2 Å². The molecular weight excluding hydrogens is 252 g/mol. The molecule has 0 aromatic heterocycles. The summed E-state index contributed by atoms with van der Waals surface area (Å²) in [7, 11) is -3.26. The number of amides is 1. The largest absolute Gasteiger partial charge is 0.355 e. The molecule has 6 heteroatoms. The van der Waals surface area contributed by atoms with Gasteiger partial charge >= 0.3 is 0 Å². The Morgan fingerprint density at radius 1 is 1.33 bits per heavy atom. The summed E-state index contributed by atoms with van der Waals surface area (Å²) in [4.78, 5) is 12.0. The number of hydrogen-bond donors (Lipinski definition) is 1. The third-order valence-corrected chi connectivity index (χ3v) is 5.23. The molecule has 106 valence electrons. The zero-order chi connectivity index (χ0) is 13.6. The fourth-order valence-corrected chi connectivity index (χ4v) is 3.96. The molecule has 1 heterocycles. The van der Waals surface area contributed by atoms with Gasteiger partial charge in [-0.3, -0.25) is 4.79 Å². The quantitative estimate of drug-likeness (QED) is 0.708. The summed E-state index contributed by atoms with van der Waals surface area (Å²) in [5.41, 5.74) is 0. The van der Waals surface area contributed by atoms with Gasteiger partial charge in [0.25, 0.3) is 0 Å². The number of hydrogen-bond acceptors (Lipinski definition) is 3. The van der Waals surface area contributed by atoms with E-state index in [1.165, 1.54) is 4.31 Å². The highest BCUT2D eigenvalue weighted by Crippen LogP contribution is 2.21. The third kappa shape index (κ3) is 3.95. The predicted octanol–water partition coefficient (Wildman–Crippen LogP) is 1.11. The highest BCUT2D eigenvalue weighted by atomic mass is 32.2. The van der Waals surface area contributed by atoms with Crippen LogP contribution >= 0.6 is 0 Å². The summed E-state index contributed by atoms with van der Waals surface area (Å²) < 4.78 is 25.4. The topological polar surface area (TPSA) is 66.5 Å². The molecule has 1 aliphatic rings. The van der Waals surface area contributed by atoms with Gasteiger partial charge in [-0.2, -0.15) is 4.31 Å². The van der Waals surface area contributed by atoms with Gasteiger partial charge in [-0.15, -0.1) is 0 Å². The summed E-state index contributed by atoms with van der Waals surface area (Å²) in [6.07, 6.45) is 3.95. The van der Waals surface area contributed by atoms with Gasteiger partial charge in [0.1, 0.15) is 6.04 Å². The van der Waals surface area contributed by atoms with E-state index in [4.69, 9.17) is 0 Å². The second kappa shape index (κ2) is 7.09. The van der Waals surface area contributed by atoms with Crippen LogP contribution in [0.25, 0.3) is 0 Å². The normalized spacial score (nSPS) is 21.1. The van der Waals surface area contributed by atoms with Crippen molar-refractivity contribution in [3.8, 4) is 0 Å². The van der Waals surface area contributed by atoms with Gasteiger partial charge in [0.15, 0.2) is 0 Å². The van der Waals surface area contributed by atoms with Gasteiger partial charge < -0.3 is 5.32 Å². The summed E-state index contributed by atoms with van der Waals surface area (Å²) in [5, 5.41) is 2.82. The number of carbonyl (C=O) groups excluding carboxylic acids is 1. The second-order valence-electron chi connectivity index (χ2n) is 4.73. The molecule has 1 atom stereocenters. The first-order valence-electron chi connectivity index (χ1n) is 6.80. The lowest BCUT2D eigenvalue weighted by Gasteiger charge is -2.23. The average Bonchev–Trinajstić information content (AvgIpc) is 2.78. The van der Waals surface area contributed by atoms with Crippen LogP contribution in [-0.2, 0) is 14.8 Å². The molecule has 5 nitrogen and oxygen atoms in total. The Morgan fingerprint density at radius 2 is 2.06 bits per heavy atom. The summed E-state index contributed by atoms with van der Waals surface area (Å²) in [6.45, 7) is 5.01. The van der Waals surface area contributed by atoms with Crippen molar-refractivity contribution >= 4 is 15.9 Å². The molecule has 1 unspecified atom stereocenters. The summed E-state index contributed by atoms with van der Waals surface area (Å²) in [6, 6.07) is -0.488. The first-order valence-corrected chi connectivity index (χ1v) is 8.41. The molecular formula is C12H24N2O3S. The van der Waals surface area contributed by atoms with E-state index in [9.17, 15) is 13.2 Å². The van der Waals surface area contributed by atoms with E-state index in [1.54, 1.807) is 0 Å². The Balaban J connectivity index is 2.61. The molecule has 1 rings (SSSR count). The number of nitrogens with one attached hydrogen (secondary N) is 1. The first-order chi connectivity index (χ1) is 8.53. The average molecular weight is 276 g/mol. The molecule has 0 bridgehead atoms. The molecule has 0 spiro atoms. The minimum atomic E-state index is -3.26. The Kier molecular flexibility index (Phi) is 6.08. The van der Waals surface area contributed by atoms with E-state index in [0.29, 0.717) is 25.9 Å². The van der Waals surface area contributed by atoms with Gasteiger partial charge in [0, 0.05) is 13.1 Å². The zero-order valence-electron chi connectivity index (χ0n) is 11.3. The van der Waals surface area contributed by atoms with E-state index >= 15 is 0 Å². The molecule has 18 heavy (non-hydrogen) atoms. The number of rotatable bonds is 7. The van der Waals surface area contributed by atoms with Crippen molar-refractivity contribution in [1.82, 2.24) is 9.62 Å². The monoisotopic (exact) mass is 276 g/mol. The van der Waals surface area contributed by atoms with Crippen molar-refractivity contribution in [3.63, 3.8) is 0 Å². The van der Waals surface area contributed by atoms with Gasteiger partial charge in [-0.05, 0) is 25.7 Å². The Bertz CT molecular complexity index is 368. The van der Waals surface area contributed by atoms with Crippen LogP contribution in [0.3, 0.4) is 0 Å². The van der Waals surface area contributed by atoms with E-state index < -0.39 is 16.1 Å². The number of carbonyl (C=O) groups is 1. The molecule has 1 aliphatic heterocycles. The van der Waals surface area contributed by atoms with Crippen LogP contribution in [0.15, 0.2) is 0 Å². The maximum atomic E-state index is 12.0. The summed E-state index contributed by atoms with van der Waals surface area (Å²) >= 11 is 0. The Labute approximate surface area is 110 Å². The minimum absolute atomic E-state index is 0.131. The van der Waals surface area contributed by atoms with Crippen LogP contribution in [0.5, 0.6) is 0 Å². The van der Waals surface area contributed by atoms with Crippen LogP contribution in [0.4, 0.5) is 0 Å². The lowest BCUT2D eigenvalue weighted by Crippen LogP contribution is -2.46. The van der Waals surface area contributed by atoms with Crippen molar-refractivity contribution in [3.05, 3.63) is 0 Å². The predicted molar refractivity (Wildman–Crippen MR) is 71.7 cm³/mol. The molecule has 0 aliphatic carbocycles. The molecule has 1 saturated heterocycles. The smallest absolute Gasteiger partial charge is 0.238 e. The minimum Gasteiger partial charge on any atom is -0.355 e. The van der Waals surface area contributed by atoms with Gasteiger partial charge in [-0.25, -0.2) is 8.42 Å². The first kappa shape index (κ1) is 15.4. The van der Waals surface area contributed by atoms with Crippen molar-refractivity contribution < 1.29 is 13.2 Å². The van der Waals surface area contributed by atoms with E-state index in [0.717, 1.165) is 19.3 Å². The van der Waals surface area contributed by atoms with Crippen LogP contribution < -0.4 is 5.32 Å². The summed E-state index contributed by atoms with van der Waals surface area (Å²) in [5.74, 6) is -0.00761. The highest BCUT2D eigenvalue weighted by Gasteiger charge is 2.37.